The van der Waals surface area contributed by atoms with Gasteiger partial charge in [-0.3, -0.25) is 9.69 Å². The molecule has 0 spiro atoms. The van der Waals surface area contributed by atoms with Crippen LogP contribution in [0.15, 0.2) is 42.5 Å². The molecule has 2 unspecified atom stereocenters. The molecular weight excluding hydrogens is 330 g/mol. The van der Waals surface area contributed by atoms with Gasteiger partial charge in [-0.05, 0) is 43.0 Å². The predicted octanol–water partition coefficient (Wildman–Crippen LogP) is 3.65. The monoisotopic (exact) mass is 355 g/mol. The van der Waals surface area contributed by atoms with Crippen molar-refractivity contribution in [3.63, 3.8) is 0 Å². The lowest BCUT2D eigenvalue weighted by molar-refractivity contribution is -0.142. The Hall–Kier alpha value is -2.53. The smallest absolute Gasteiger partial charge is 0.320 e. The van der Waals surface area contributed by atoms with Crippen LogP contribution in [0.25, 0.3) is 0 Å². The molecule has 1 saturated heterocycles. The molecule has 1 aliphatic rings. The zero-order chi connectivity index (χ0) is 18.7. The minimum atomic E-state index is -0.763. The van der Waals surface area contributed by atoms with Crippen LogP contribution in [0.5, 0.6) is 11.5 Å². The molecule has 3 rings (SSSR count). The van der Waals surface area contributed by atoms with Gasteiger partial charge in [0.25, 0.3) is 0 Å². The number of carboxylic acids is 1. The molecule has 0 radical (unpaired) electrons. The maximum Gasteiger partial charge on any atom is 0.320 e. The molecule has 0 aliphatic carbocycles. The van der Waals surface area contributed by atoms with E-state index in [9.17, 15) is 9.90 Å². The van der Waals surface area contributed by atoms with Crippen LogP contribution in [0.4, 0.5) is 0 Å². The molecule has 138 valence electrons. The van der Waals surface area contributed by atoms with Crippen LogP contribution in [0.1, 0.15) is 35.6 Å². The molecular formula is C21H25NO4. The van der Waals surface area contributed by atoms with E-state index in [1.807, 2.05) is 37.3 Å². The summed E-state index contributed by atoms with van der Waals surface area (Å²) in [5.74, 6) is 0.546. The van der Waals surface area contributed by atoms with Crippen molar-refractivity contribution >= 4 is 5.97 Å². The highest BCUT2D eigenvalue weighted by atomic mass is 16.5. The molecule has 5 heteroatoms. The number of carboxylic acid groups (broad SMARTS) is 1. The number of hydrogen-bond donors (Lipinski definition) is 1. The summed E-state index contributed by atoms with van der Waals surface area (Å²) in [6.45, 7) is 2.80. The Morgan fingerprint density at radius 2 is 1.85 bits per heavy atom. The summed E-state index contributed by atoms with van der Waals surface area (Å²) in [4.78, 5) is 13.9. The Morgan fingerprint density at radius 3 is 2.50 bits per heavy atom. The van der Waals surface area contributed by atoms with E-state index in [4.69, 9.17) is 9.47 Å². The molecule has 0 aromatic heterocycles. The van der Waals surface area contributed by atoms with Crippen molar-refractivity contribution in [1.82, 2.24) is 4.90 Å². The summed E-state index contributed by atoms with van der Waals surface area (Å²) in [5, 5.41) is 9.68. The SMILES string of the molecule is COc1ccc(C(c2cccc(C)c2)N2CCCC2C(=O)O)cc1OC. The summed E-state index contributed by atoms with van der Waals surface area (Å²) < 4.78 is 10.8. The van der Waals surface area contributed by atoms with E-state index in [1.165, 1.54) is 0 Å². The topological polar surface area (TPSA) is 59.0 Å². The van der Waals surface area contributed by atoms with Crippen LogP contribution in [-0.4, -0.2) is 42.8 Å². The van der Waals surface area contributed by atoms with Gasteiger partial charge in [-0.25, -0.2) is 0 Å². The van der Waals surface area contributed by atoms with Crippen molar-refractivity contribution in [3.05, 3.63) is 59.2 Å². The minimum absolute atomic E-state index is 0.140. The third-order valence-electron chi connectivity index (χ3n) is 4.99. The number of methoxy groups -OCH3 is 2. The van der Waals surface area contributed by atoms with Gasteiger partial charge in [0.2, 0.25) is 0 Å². The molecule has 1 aliphatic heterocycles. The molecule has 1 fully saturated rings. The molecule has 1 N–H and O–H groups in total. The first-order valence-corrected chi connectivity index (χ1v) is 8.82. The third kappa shape index (κ3) is 3.53. The molecule has 0 bridgehead atoms. The fourth-order valence-corrected chi connectivity index (χ4v) is 3.80. The van der Waals surface area contributed by atoms with Crippen LogP contribution in [0, 0.1) is 6.92 Å². The van der Waals surface area contributed by atoms with Gasteiger partial charge in [0.1, 0.15) is 6.04 Å². The third-order valence-corrected chi connectivity index (χ3v) is 4.99. The number of aliphatic carboxylic acids is 1. The van der Waals surface area contributed by atoms with Crippen molar-refractivity contribution < 1.29 is 19.4 Å². The van der Waals surface area contributed by atoms with Gasteiger partial charge in [0, 0.05) is 6.54 Å². The van der Waals surface area contributed by atoms with E-state index >= 15 is 0 Å². The number of carbonyl (C=O) groups is 1. The number of nitrogens with zero attached hydrogens (tertiary/aromatic N) is 1. The number of hydrogen-bond acceptors (Lipinski definition) is 4. The standard InChI is InChI=1S/C21H25NO4/c1-14-6-4-7-15(12-14)20(22-11-5-8-17(22)21(23)24)16-9-10-18(25-2)19(13-16)26-3/h4,6-7,9-10,12-13,17,20H,5,8,11H2,1-3H3,(H,23,24). The van der Waals surface area contributed by atoms with Crippen molar-refractivity contribution in [3.8, 4) is 11.5 Å². The van der Waals surface area contributed by atoms with Crippen LogP contribution in [0.2, 0.25) is 0 Å². The Balaban J connectivity index is 2.10. The van der Waals surface area contributed by atoms with Crippen molar-refractivity contribution in [2.24, 2.45) is 0 Å². The first kappa shape index (κ1) is 18.3. The predicted molar refractivity (Wildman–Crippen MR) is 99.9 cm³/mol. The van der Waals surface area contributed by atoms with E-state index in [0.717, 1.165) is 29.7 Å². The van der Waals surface area contributed by atoms with E-state index in [0.29, 0.717) is 17.9 Å². The van der Waals surface area contributed by atoms with E-state index in [1.54, 1.807) is 14.2 Å². The number of ether oxygens (including phenoxy) is 2. The number of likely N-dealkylation sites (tertiary alicyclic amines) is 1. The van der Waals surface area contributed by atoms with Gasteiger partial charge < -0.3 is 14.6 Å². The fourth-order valence-electron chi connectivity index (χ4n) is 3.80. The number of benzene rings is 2. The molecule has 0 amide bonds. The lowest BCUT2D eigenvalue weighted by atomic mass is 9.94. The molecule has 5 nitrogen and oxygen atoms in total. The Morgan fingerprint density at radius 1 is 1.12 bits per heavy atom. The molecule has 2 aromatic carbocycles. The van der Waals surface area contributed by atoms with Crippen molar-refractivity contribution in [2.75, 3.05) is 20.8 Å². The van der Waals surface area contributed by atoms with Gasteiger partial charge in [0.15, 0.2) is 11.5 Å². The molecule has 26 heavy (non-hydrogen) atoms. The van der Waals surface area contributed by atoms with Crippen molar-refractivity contribution in [2.45, 2.75) is 31.8 Å². The fraction of sp³-hybridized carbons (Fsp3) is 0.381. The van der Waals surface area contributed by atoms with Gasteiger partial charge in [-0.2, -0.15) is 0 Å². The Bertz CT molecular complexity index is 789. The van der Waals surface area contributed by atoms with Crippen LogP contribution < -0.4 is 9.47 Å². The maximum atomic E-state index is 11.8. The van der Waals surface area contributed by atoms with Gasteiger partial charge in [-0.1, -0.05) is 35.9 Å². The van der Waals surface area contributed by atoms with Crippen LogP contribution in [-0.2, 0) is 4.79 Å². The van der Waals surface area contributed by atoms with E-state index in [2.05, 4.69) is 17.0 Å². The van der Waals surface area contributed by atoms with Crippen LogP contribution >= 0.6 is 0 Å². The molecule has 2 atom stereocenters. The first-order valence-electron chi connectivity index (χ1n) is 8.82. The zero-order valence-corrected chi connectivity index (χ0v) is 15.4. The van der Waals surface area contributed by atoms with Crippen LogP contribution in [0.3, 0.4) is 0 Å². The van der Waals surface area contributed by atoms with Gasteiger partial charge in [-0.15, -0.1) is 0 Å². The van der Waals surface area contributed by atoms with E-state index < -0.39 is 12.0 Å². The molecule has 1 heterocycles. The second kappa shape index (κ2) is 7.79. The Labute approximate surface area is 154 Å². The summed E-state index contributed by atoms with van der Waals surface area (Å²) in [7, 11) is 3.22. The normalized spacial score (nSPS) is 18.5. The minimum Gasteiger partial charge on any atom is -0.493 e. The highest BCUT2D eigenvalue weighted by molar-refractivity contribution is 5.74. The lowest BCUT2D eigenvalue weighted by Gasteiger charge is -2.32. The number of aryl methyl sites for hydroxylation is 1. The van der Waals surface area contributed by atoms with Gasteiger partial charge in [0.05, 0.1) is 20.3 Å². The largest absolute Gasteiger partial charge is 0.493 e. The second-order valence-electron chi connectivity index (χ2n) is 6.67. The highest BCUT2D eigenvalue weighted by Gasteiger charge is 2.37. The molecule has 0 saturated carbocycles. The quantitative estimate of drug-likeness (QED) is 0.857. The van der Waals surface area contributed by atoms with E-state index in [-0.39, 0.29) is 6.04 Å². The number of rotatable bonds is 6. The van der Waals surface area contributed by atoms with Gasteiger partial charge >= 0.3 is 5.97 Å². The molecule has 2 aromatic rings. The maximum absolute atomic E-state index is 11.8. The zero-order valence-electron chi connectivity index (χ0n) is 15.4. The average Bonchev–Trinajstić information content (AvgIpc) is 3.11. The summed E-state index contributed by atoms with van der Waals surface area (Å²) in [6.07, 6.45) is 1.55. The lowest BCUT2D eigenvalue weighted by Crippen LogP contribution is -2.39. The second-order valence-corrected chi connectivity index (χ2v) is 6.67. The summed E-state index contributed by atoms with van der Waals surface area (Å²) >= 11 is 0. The summed E-state index contributed by atoms with van der Waals surface area (Å²) in [5.41, 5.74) is 3.24. The van der Waals surface area contributed by atoms with Crippen molar-refractivity contribution in [1.29, 1.82) is 0 Å². The first-order chi connectivity index (χ1) is 12.5. The summed E-state index contributed by atoms with van der Waals surface area (Å²) in [6, 6.07) is 13.5. The Kier molecular flexibility index (Phi) is 5.47. The average molecular weight is 355 g/mol. The highest BCUT2D eigenvalue weighted by Crippen LogP contribution is 2.38.